The molecule has 12 aromatic heterocycles. The average Bonchev–Trinajstić information content (AvgIpc) is 1.61. The maximum Gasteiger partial charge on any atom is 0.282 e. The smallest absolute Gasteiger partial charge is 0.282 e. The van der Waals surface area contributed by atoms with Crippen LogP contribution in [-0.2, 0) is 96.3 Å². The predicted molar refractivity (Wildman–Crippen MR) is 579 cm³/mol. The summed E-state index contributed by atoms with van der Waals surface area (Å²) in [6, 6.07) is 70.5. The second-order valence-electron chi connectivity index (χ2n) is 39.5. The van der Waals surface area contributed by atoms with Crippen molar-refractivity contribution in [1.82, 2.24) is 115 Å². The lowest BCUT2D eigenvalue weighted by Gasteiger charge is -2.13. The van der Waals surface area contributed by atoms with Crippen molar-refractivity contribution in [3.8, 4) is 45.0 Å². The van der Waals surface area contributed by atoms with Crippen LogP contribution in [0, 0.1) is 6.92 Å². The number of likely N-dealkylation sites (tertiary alicyclic amines) is 4. The molecule has 18 aromatic rings. The maximum atomic E-state index is 13.2. The van der Waals surface area contributed by atoms with Crippen LogP contribution < -0.4 is 5.32 Å². The van der Waals surface area contributed by atoms with Crippen molar-refractivity contribution in [2.45, 2.75) is 177 Å². The van der Waals surface area contributed by atoms with Gasteiger partial charge < -0.3 is 24.9 Å². The summed E-state index contributed by atoms with van der Waals surface area (Å²) in [4.78, 5) is 40.6. The van der Waals surface area contributed by atoms with E-state index in [1.54, 1.807) is 80.1 Å². The third-order valence-electron chi connectivity index (χ3n) is 28.2. The lowest BCUT2D eigenvalue weighted by molar-refractivity contribution is -0.114. The van der Waals surface area contributed by atoms with Crippen LogP contribution in [0.5, 0.6) is 0 Å². The fraction of sp³-hybridized carbons (Fsp3) is 0.348. The Bertz CT molecular complexity index is 8220. The standard InChI is InChI=1S/C31H33N7O3S.C30H32N6O2S.C26H30N6O2S.C25H30N6O2S/c1-23(39)33-27-13-15-28(16-14-27)42(40,41)37-22-26(21-32-37)29-7-4-8-31-34-30(35-38(29)31)20-25-11-9-24(10-12-25)6-5-19-36-17-2-3-18-36;1-23-7-4-9-27(19-23)39(37,38)35-22-26(21-31-35)28-10-5-11-30-32-29(33-36(28)30)20-25-14-12-24(13-15-25)8-6-18-34-16-2-3-17-34;33-35(34,23-12-13-23)31-19-22(18-27-31)24-6-3-7-26-28-25(29-32(24)26)17-21-10-8-20(9-11-21)5-4-16-30-14-1-2-15-30;1-2-34(32,33)30-19-22(18-26-30)23-8-5-9-25-27-24(28-31(23)25)17-21-12-10-20(11-13-21)7-6-16-29-14-3-4-15-29/h4,7-16,21-22H,2-3,5-6,17-20H2,1H3,(H,33,39);4-5,7,9-15,19,21-22H,2-3,6,8,16-18,20H2,1H3;3,6-11,18-19,23H,1-2,4-5,12-17H2;5,8-13,18-19H,2-4,6-7,14-17H2,1H3. The highest BCUT2D eigenvalue weighted by atomic mass is 32.2. The van der Waals surface area contributed by atoms with Crippen molar-refractivity contribution in [2.75, 3.05) is 89.6 Å². The third kappa shape index (κ3) is 25.2. The topological polar surface area (TPSA) is 371 Å². The summed E-state index contributed by atoms with van der Waals surface area (Å²) >= 11 is 0. The Morgan fingerprint density at radius 1 is 0.333 bits per heavy atom. The van der Waals surface area contributed by atoms with E-state index in [4.69, 9.17) is 35.3 Å². The zero-order valence-electron chi connectivity index (χ0n) is 84.8. The summed E-state index contributed by atoms with van der Waals surface area (Å²) in [7, 11) is -14.6. The van der Waals surface area contributed by atoms with Crippen LogP contribution in [0.1, 0.15) is 177 Å². The SMILES string of the molecule is CC(=O)Nc1ccc(S(=O)(=O)n2cc(-c3cccc4nc(Cc5ccc(CCCN6CCCC6)cc5)nn34)cn2)cc1.CCS(=O)(=O)n1cc(-c2cccc3nc(Cc4ccc(CCCN5CCCC5)cc4)nn23)cn1.Cc1cccc(S(=O)(=O)n2cc(-c3cccc4nc(Cc5ccc(CCCN6CCCC6)cc5)nn34)cn2)c1.O=S(=O)(C1CC1)n1cc(-c2cccc3nc(Cc4ccc(CCCN5CCCC5)cc4)nn23)cn1. The molecule has 4 saturated heterocycles. The molecule has 16 heterocycles. The first-order valence-electron chi connectivity index (χ1n) is 52.1. The third-order valence-corrected chi connectivity index (χ3v) is 34.9. The normalized spacial score (nSPS) is 15.0. The fourth-order valence-electron chi connectivity index (χ4n) is 19.9. The lowest BCUT2D eigenvalue weighted by atomic mass is 10.1. The number of aromatic nitrogens is 20. The molecule has 0 unspecified atom stereocenters. The Morgan fingerprint density at radius 2 is 0.620 bits per heavy atom. The molecule has 1 N–H and O–H groups in total. The molecule has 34 nitrogen and oxygen atoms in total. The maximum absolute atomic E-state index is 13.2. The minimum Gasteiger partial charge on any atom is -0.326 e. The number of hydrogen-bond donors (Lipinski definition) is 1. The number of benzene rings is 6. The molecule has 0 radical (unpaired) electrons. The molecule has 4 aliphatic heterocycles. The zero-order valence-corrected chi connectivity index (χ0v) is 88.0. The number of aryl methyl sites for hydroxylation is 5. The summed E-state index contributed by atoms with van der Waals surface area (Å²) < 4.78 is 113. The molecular formula is C112H125N25O9S4. The van der Waals surface area contributed by atoms with E-state index < -0.39 is 40.1 Å². The molecule has 38 heteroatoms. The van der Waals surface area contributed by atoms with Crippen molar-refractivity contribution in [3.05, 3.63) is 341 Å². The van der Waals surface area contributed by atoms with Crippen molar-refractivity contribution >= 4 is 74.3 Å². The van der Waals surface area contributed by atoms with Crippen LogP contribution >= 0.6 is 0 Å². The van der Waals surface area contributed by atoms with E-state index in [1.165, 1.54) is 233 Å². The molecular weight excluding hydrogens is 1970 g/mol. The number of amides is 1. The molecule has 23 rings (SSSR count). The fourth-order valence-corrected chi connectivity index (χ4v) is 24.5. The van der Waals surface area contributed by atoms with Gasteiger partial charge >= 0.3 is 0 Å². The number of nitrogens with one attached hydrogen (secondary N) is 1. The zero-order chi connectivity index (χ0) is 103. The minimum absolute atomic E-state index is 0.0109. The Hall–Kier alpha value is -14.3. The van der Waals surface area contributed by atoms with Gasteiger partial charge in [0.25, 0.3) is 40.1 Å². The number of rotatable bonds is 37. The van der Waals surface area contributed by atoms with Crippen LogP contribution in [0.15, 0.2) is 278 Å². The van der Waals surface area contributed by atoms with Crippen LogP contribution in [-0.4, -0.2) is 244 Å². The number of carbonyl (C=O) groups excluding carboxylic acids is 1. The van der Waals surface area contributed by atoms with Gasteiger partial charge in [-0.2, -0.15) is 74.0 Å². The summed E-state index contributed by atoms with van der Waals surface area (Å²) in [6.45, 7) is 19.6. The van der Waals surface area contributed by atoms with Gasteiger partial charge in [0.1, 0.15) is 0 Å². The molecule has 5 fully saturated rings. The van der Waals surface area contributed by atoms with E-state index >= 15 is 0 Å². The first-order valence-corrected chi connectivity index (χ1v) is 58.1. The summed E-state index contributed by atoms with van der Waals surface area (Å²) in [5.41, 5.74) is 19.8. The average molecular weight is 2090 g/mol. The molecule has 1 amide bonds. The van der Waals surface area contributed by atoms with Crippen molar-refractivity contribution in [2.24, 2.45) is 0 Å². The number of pyridine rings is 4. The van der Waals surface area contributed by atoms with Gasteiger partial charge in [-0.15, -0.1) is 0 Å². The van der Waals surface area contributed by atoms with Crippen LogP contribution in [0.4, 0.5) is 5.69 Å². The highest BCUT2D eigenvalue weighted by molar-refractivity contribution is 7.91. The van der Waals surface area contributed by atoms with Gasteiger partial charge in [-0.25, -0.2) is 54.8 Å². The number of anilines is 1. The highest BCUT2D eigenvalue weighted by Crippen LogP contribution is 2.34. The molecule has 0 bridgehead atoms. The highest BCUT2D eigenvalue weighted by Gasteiger charge is 2.38. The summed E-state index contributed by atoms with van der Waals surface area (Å²) in [5, 5.41) is 37.7. The summed E-state index contributed by atoms with van der Waals surface area (Å²) in [5.74, 6) is 2.61. The summed E-state index contributed by atoms with van der Waals surface area (Å²) in [6.07, 6.45) is 36.1. The van der Waals surface area contributed by atoms with E-state index in [2.05, 4.69) is 147 Å². The molecule has 1 aliphatic carbocycles. The molecule has 0 atom stereocenters. The van der Waals surface area contributed by atoms with Gasteiger partial charge in [-0.1, -0.05) is 133 Å². The number of fused-ring (bicyclic) bond motifs is 4. The van der Waals surface area contributed by atoms with Crippen LogP contribution in [0.3, 0.4) is 0 Å². The molecule has 0 spiro atoms. The Morgan fingerprint density at radius 3 is 0.927 bits per heavy atom. The molecule has 776 valence electrons. The van der Waals surface area contributed by atoms with Gasteiger partial charge in [0.2, 0.25) is 5.91 Å². The Labute approximate surface area is 874 Å². The van der Waals surface area contributed by atoms with Crippen LogP contribution in [0.25, 0.3) is 67.6 Å². The number of nitrogens with zero attached hydrogens (tertiary/aromatic N) is 24. The van der Waals surface area contributed by atoms with Crippen molar-refractivity contribution in [1.29, 1.82) is 0 Å². The van der Waals surface area contributed by atoms with E-state index in [9.17, 15) is 38.5 Å². The molecule has 150 heavy (non-hydrogen) atoms. The monoisotopic (exact) mass is 2090 g/mol. The van der Waals surface area contributed by atoms with Gasteiger partial charge in [0, 0.05) is 60.5 Å². The van der Waals surface area contributed by atoms with E-state index in [0.29, 0.717) is 95.1 Å². The second kappa shape index (κ2) is 46.5. The Balaban J connectivity index is 0.000000121. The minimum atomic E-state index is -3.93. The lowest BCUT2D eigenvalue weighted by Crippen LogP contribution is -2.20. The van der Waals surface area contributed by atoms with Crippen LogP contribution in [0.2, 0.25) is 0 Å². The molecule has 1 saturated carbocycles. The van der Waals surface area contributed by atoms with Gasteiger partial charge in [-0.3, -0.25) is 4.79 Å². The number of hydrogen-bond acceptors (Lipinski definition) is 25. The van der Waals surface area contributed by atoms with Gasteiger partial charge in [0.15, 0.2) is 45.9 Å². The van der Waals surface area contributed by atoms with Gasteiger partial charge in [-0.05, 0) is 343 Å². The Kier molecular flexibility index (Phi) is 31.9. The van der Waals surface area contributed by atoms with Gasteiger partial charge in [0.05, 0.1) is 93.1 Å². The quantitative estimate of drug-likeness (QED) is 0.0378. The van der Waals surface area contributed by atoms with Crippen molar-refractivity contribution in [3.63, 3.8) is 0 Å². The van der Waals surface area contributed by atoms with E-state index in [-0.39, 0.29) is 26.7 Å². The predicted octanol–water partition coefficient (Wildman–Crippen LogP) is 16.1. The largest absolute Gasteiger partial charge is 0.326 e. The first kappa shape index (κ1) is 103. The number of carbonyl (C=O) groups is 1. The van der Waals surface area contributed by atoms with Crippen molar-refractivity contribution < 1.29 is 38.5 Å². The molecule has 6 aromatic carbocycles. The second-order valence-corrected chi connectivity index (χ2v) is 47.3. The van der Waals surface area contributed by atoms with E-state index in [0.717, 1.165) is 98.7 Å². The van der Waals surface area contributed by atoms with E-state index in [1.807, 2.05) is 85.8 Å². The first-order chi connectivity index (χ1) is 72.9. The molecule has 5 aliphatic rings.